The molecular weight excluding hydrogens is 202 g/mol. The quantitative estimate of drug-likeness (QED) is 0.851. The van der Waals surface area contributed by atoms with E-state index in [9.17, 15) is 0 Å². The number of methoxy groups -OCH3 is 2. The van der Waals surface area contributed by atoms with Crippen molar-refractivity contribution in [3.05, 3.63) is 23.3 Å². The summed E-state index contributed by atoms with van der Waals surface area (Å²) < 4.78 is 10.6. The maximum Gasteiger partial charge on any atom is 0.161 e. The summed E-state index contributed by atoms with van der Waals surface area (Å²) in [5, 5.41) is 0. The first kappa shape index (κ1) is 11.3. The lowest BCUT2D eigenvalue weighted by molar-refractivity contribution is 0.339. The van der Waals surface area contributed by atoms with Crippen LogP contribution in [0.1, 0.15) is 29.9 Å². The van der Waals surface area contributed by atoms with Crippen LogP contribution in [0.3, 0.4) is 0 Å². The SMILES string of the molecule is COc1cc(C)c(C2CC(N)C2)cc1OC. The Bertz CT molecular complexity index is 384. The Hall–Kier alpha value is -1.22. The molecule has 0 heterocycles. The van der Waals surface area contributed by atoms with E-state index in [2.05, 4.69) is 13.0 Å². The first-order chi connectivity index (χ1) is 7.65. The highest BCUT2D eigenvalue weighted by atomic mass is 16.5. The molecule has 0 aromatic heterocycles. The first-order valence-corrected chi connectivity index (χ1v) is 5.63. The summed E-state index contributed by atoms with van der Waals surface area (Å²) in [5.74, 6) is 2.20. The smallest absolute Gasteiger partial charge is 0.161 e. The minimum absolute atomic E-state index is 0.373. The van der Waals surface area contributed by atoms with Crippen LogP contribution < -0.4 is 15.2 Å². The molecule has 0 bridgehead atoms. The predicted molar refractivity (Wildman–Crippen MR) is 64.2 cm³/mol. The Balaban J connectivity index is 2.31. The van der Waals surface area contributed by atoms with Crippen molar-refractivity contribution in [2.45, 2.75) is 31.7 Å². The number of hydrogen-bond donors (Lipinski definition) is 1. The number of rotatable bonds is 3. The molecule has 1 fully saturated rings. The molecule has 16 heavy (non-hydrogen) atoms. The van der Waals surface area contributed by atoms with Gasteiger partial charge in [-0.3, -0.25) is 0 Å². The third-order valence-electron chi connectivity index (χ3n) is 3.39. The van der Waals surface area contributed by atoms with Crippen LogP contribution >= 0.6 is 0 Å². The fourth-order valence-electron chi connectivity index (χ4n) is 2.35. The van der Waals surface area contributed by atoms with Crippen molar-refractivity contribution in [1.29, 1.82) is 0 Å². The van der Waals surface area contributed by atoms with Gasteiger partial charge in [0.15, 0.2) is 11.5 Å². The third-order valence-corrected chi connectivity index (χ3v) is 3.39. The van der Waals surface area contributed by atoms with E-state index in [0.29, 0.717) is 12.0 Å². The number of nitrogens with two attached hydrogens (primary N) is 1. The van der Waals surface area contributed by atoms with E-state index in [1.165, 1.54) is 11.1 Å². The predicted octanol–water partition coefficient (Wildman–Crippen LogP) is 2.22. The molecule has 3 nitrogen and oxygen atoms in total. The molecule has 1 aliphatic rings. The van der Waals surface area contributed by atoms with E-state index in [1.54, 1.807) is 14.2 Å². The maximum atomic E-state index is 5.83. The van der Waals surface area contributed by atoms with E-state index < -0.39 is 0 Å². The van der Waals surface area contributed by atoms with Crippen molar-refractivity contribution < 1.29 is 9.47 Å². The largest absolute Gasteiger partial charge is 0.493 e. The van der Waals surface area contributed by atoms with Crippen LogP contribution in [0.5, 0.6) is 11.5 Å². The van der Waals surface area contributed by atoms with Crippen LogP contribution in [-0.2, 0) is 0 Å². The van der Waals surface area contributed by atoms with Crippen molar-refractivity contribution in [2.24, 2.45) is 5.73 Å². The average Bonchev–Trinajstić information content (AvgIpc) is 2.25. The summed E-state index contributed by atoms with van der Waals surface area (Å²) in [5.41, 5.74) is 8.43. The number of hydrogen-bond acceptors (Lipinski definition) is 3. The average molecular weight is 221 g/mol. The zero-order valence-corrected chi connectivity index (χ0v) is 10.1. The molecule has 0 radical (unpaired) electrons. The van der Waals surface area contributed by atoms with E-state index in [1.807, 2.05) is 6.07 Å². The molecular formula is C13H19NO2. The van der Waals surface area contributed by atoms with Gasteiger partial charge in [0.1, 0.15) is 0 Å². The van der Waals surface area contributed by atoms with Crippen molar-refractivity contribution >= 4 is 0 Å². The monoisotopic (exact) mass is 221 g/mol. The van der Waals surface area contributed by atoms with E-state index >= 15 is 0 Å². The Morgan fingerprint density at radius 3 is 2.19 bits per heavy atom. The Labute approximate surface area is 96.5 Å². The van der Waals surface area contributed by atoms with Crippen LogP contribution in [-0.4, -0.2) is 20.3 Å². The molecule has 1 aromatic carbocycles. The molecule has 3 heteroatoms. The van der Waals surface area contributed by atoms with Gasteiger partial charge in [-0.1, -0.05) is 0 Å². The van der Waals surface area contributed by atoms with Crippen molar-refractivity contribution in [3.8, 4) is 11.5 Å². The van der Waals surface area contributed by atoms with Crippen LogP contribution in [0.2, 0.25) is 0 Å². The molecule has 0 spiro atoms. The number of ether oxygens (including phenoxy) is 2. The van der Waals surface area contributed by atoms with Gasteiger partial charge in [0.05, 0.1) is 14.2 Å². The Kier molecular flexibility index (Phi) is 3.06. The lowest BCUT2D eigenvalue weighted by atomic mass is 9.75. The van der Waals surface area contributed by atoms with Gasteiger partial charge in [0.2, 0.25) is 0 Å². The minimum atomic E-state index is 0.373. The van der Waals surface area contributed by atoms with E-state index in [-0.39, 0.29) is 0 Å². The standard InChI is InChI=1S/C13H19NO2/c1-8-4-12(15-2)13(16-3)7-11(8)9-5-10(14)6-9/h4,7,9-10H,5-6,14H2,1-3H3. The van der Waals surface area contributed by atoms with Crippen LogP contribution in [0, 0.1) is 6.92 Å². The molecule has 0 amide bonds. The molecule has 0 atom stereocenters. The number of benzene rings is 1. The fourth-order valence-corrected chi connectivity index (χ4v) is 2.35. The molecule has 0 saturated heterocycles. The van der Waals surface area contributed by atoms with Crippen LogP contribution in [0.25, 0.3) is 0 Å². The molecule has 0 aliphatic heterocycles. The molecule has 1 aromatic rings. The lowest BCUT2D eigenvalue weighted by Crippen LogP contribution is -2.35. The van der Waals surface area contributed by atoms with Crippen molar-refractivity contribution in [3.63, 3.8) is 0 Å². The second-order valence-electron chi connectivity index (χ2n) is 4.49. The zero-order chi connectivity index (χ0) is 11.7. The van der Waals surface area contributed by atoms with E-state index in [0.717, 1.165) is 24.3 Å². The lowest BCUT2D eigenvalue weighted by Gasteiger charge is -2.34. The summed E-state index contributed by atoms with van der Waals surface area (Å²) >= 11 is 0. The maximum absolute atomic E-state index is 5.83. The van der Waals surface area contributed by atoms with Gasteiger partial charge in [-0.05, 0) is 48.9 Å². The first-order valence-electron chi connectivity index (χ1n) is 5.63. The van der Waals surface area contributed by atoms with Gasteiger partial charge >= 0.3 is 0 Å². The molecule has 88 valence electrons. The van der Waals surface area contributed by atoms with Gasteiger partial charge in [-0.15, -0.1) is 0 Å². The summed E-state index contributed by atoms with van der Waals surface area (Å²) in [6.45, 7) is 2.11. The summed E-state index contributed by atoms with van der Waals surface area (Å²) in [6, 6.07) is 4.50. The molecule has 1 aliphatic carbocycles. The van der Waals surface area contributed by atoms with Crippen molar-refractivity contribution in [2.75, 3.05) is 14.2 Å². The molecule has 0 unspecified atom stereocenters. The Morgan fingerprint density at radius 1 is 1.12 bits per heavy atom. The highest BCUT2D eigenvalue weighted by Crippen LogP contribution is 2.41. The second-order valence-corrected chi connectivity index (χ2v) is 4.49. The zero-order valence-electron chi connectivity index (χ0n) is 10.1. The molecule has 2 rings (SSSR count). The van der Waals surface area contributed by atoms with Gasteiger partial charge in [0.25, 0.3) is 0 Å². The summed E-state index contributed by atoms with van der Waals surface area (Å²) in [4.78, 5) is 0. The van der Waals surface area contributed by atoms with Crippen LogP contribution in [0.4, 0.5) is 0 Å². The van der Waals surface area contributed by atoms with Gasteiger partial charge in [0, 0.05) is 6.04 Å². The second kappa shape index (κ2) is 4.34. The van der Waals surface area contributed by atoms with Gasteiger partial charge in [-0.25, -0.2) is 0 Å². The highest BCUT2D eigenvalue weighted by molar-refractivity contribution is 5.48. The van der Waals surface area contributed by atoms with Gasteiger partial charge in [-0.2, -0.15) is 0 Å². The normalized spacial score (nSPS) is 23.8. The van der Waals surface area contributed by atoms with E-state index in [4.69, 9.17) is 15.2 Å². The number of aryl methyl sites for hydroxylation is 1. The molecule has 1 saturated carbocycles. The summed E-state index contributed by atoms with van der Waals surface area (Å²) in [7, 11) is 3.33. The van der Waals surface area contributed by atoms with Crippen LogP contribution in [0.15, 0.2) is 12.1 Å². The third kappa shape index (κ3) is 1.87. The summed E-state index contributed by atoms with van der Waals surface area (Å²) in [6.07, 6.45) is 2.16. The highest BCUT2D eigenvalue weighted by Gasteiger charge is 2.29. The minimum Gasteiger partial charge on any atom is -0.493 e. The fraction of sp³-hybridized carbons (Fsp3) is 0.538. The topological polar surface area (TPSA) is 44.5 Å². The van der Waals surface area contributed by atoms with Gasteiger partial charge < -0.3 is 15.2 Å². The molecule has 2 N–H and O–H groups in total. The Morgan fingerprint density at radius 2 is 1.69 bits per heavy atom. The van der Waals surface area contributed by atoms with Crippen molar-refractivity contribution in [1.82, 2.24) is 0 Å².